The molecule has 0 heterocycles. The number of carbonyl (C=O) groups excluding carboxylic acids is 3. The van der Waals surface area contributed by atoms with Crippen molar-refractivity contribution in [1.82, 2.24) is 0 Å². The predicted molar refractivity (Wildman–Crippen MR) is 135 cm³/mol. The first kappa shape index (κ1) is 31.1. The number of hydrogen-bond acceptors (Lipinski definition) is 8. The van der Waals surface area contributed by atoms with Crippen molar-refractivity contribution in [2.45, 2.75) is 99.1 Å². The zero-order chi connectivity index (χ0) is 27.8. The van der Waals surface area contributed by atoms with Crippen LogP contribution in [0.3, 0.4) is 0 Å². The van der Waals surface area contributed by atoms with Crippen LogP contribution in [0, 0.1) is 10.8 Å². The lowest BCUT2D eigenvalue weighted by atomic mass is 9.86. The maximum Gasteiger partial charge on any atom is 0.321 e. The molecule has 0 saturated carbocycles. The maximum atomic E-state index is 12.9. The van der Waals surface area contributed by atoms with Gasteiger partial charge in [-0.2, -0.15) is 0 Å². The molecule has 2 unspecified atom stereocenters. The topological polar surface area (TPSA) is 142 Å². The van der Waals surface area contributed by atoms with E-state index in [2.05, 4.69) is 0 Å². The number of esters is 3. The molecule has 0 bridgehead atoms. The van der Waals surface area contributed by atoms with Gasteiger partial charge in [0.1, 0.15) is 6.04 Å². The van der Waals surface area contributed by atoms with Crippen LogP contribution in [0.25, 0.3) is 0 Å². The highest BCUT2D eigenvalue weighted by atomic mass is 16.6. The monoisotopic (exact) mass is 507 g/mol. The van der Waals surface area contributed by atoms with E-state index in [0.29, 0.717) is 18.4 Å². The summed E-state index contributed by atoms with van der Waals surface area (Å²) in [6.07, 6.45) is 0.735. The molecule has 0 aliphatic rings. The number of ether oxygens (including phenoxy) is 3. The van der Waals surface area contributed by atoms with Gasteiger partial charge in [-0.25, -0.2) is 0 Å². The first-order valence-corrected chi connectivity index (χ1v) is 12.4. The van der Waals surface area contributed by atoms with Gasteiger partial charge in [-0.3, -0.25) is 19.2 Å². The number of benzene rings is 1. The molecule has 9 heteroatoms. The number of carbonyl (C=O) groups is 4. The van der Waals surface area contributed by atoms with Gasteiger partial charge in [0.15, 0.2) is 11.5 Å². The van der Waals surface area contributed by atoms with Gasteiger partial charge in [0.25, 0.3) is 0 Å². The summed E-state index contributed by atoms with van der Waals surface area (Å²) in [7, 11) is 0. The van der Waals surface area contributed by atoms with Crippen LogP contribution < -0.4 is 15.2 Å². The first-order valence-electron chi connectivity index (χ1n) is 12.4. The molecule has 202 valence electrons. The summed E-state index contributed by atoms with van der Waals surface area (Å²) >= 11 is 0. The predicted octanol–water partition coefficient (Wildman–Crippen LogP) is 4.60. The van der Waals surface area contributed by atoms with Crippen LogP contribution >= 0.6 is 0 Å². The average Bonchev–Trinajstić information content (AvgIpc) is 2.82. The van der Waals surface area contributed by atoms with Crippen molar-refractivity contribution in [3.8, 4) is 11.5 Å². The molecule has 3 N–H and O–H groups in total. The second kappa shape index (κ2) is 12.9. The molecular formula is C27H41NO8. The van der Waals surface area contributed by atoms with E-state index in [1.54, 1.807) is 47.6 Å². The standard InChI is InChI=1S/C27H41NO8/c1-9-21(29)34-16(4)14-18(22(28)23(30)31)17-12-13-19(35-24(32)26(5,6)10-2)20(15-17)36-25(33)27(7,8)11-3/h12-13,15-16,18,22H,9-11,14,28H2,1-8H3,(H,30,31)/t16?,18?,22-/m0/s1. The number of aliphatic carboxylic acids is 1. The summed E-state index contributed by atoms with van der Waals surface area (Å²) in [6.45, 7) is 14.0. The Bertz CT molecular complexity index is 953. The van der Waals surface area contributed by atoms with E-state index >= 15 is 0 Å². The smallest absolute Gasteiger partial charge is 0.321 e. The molecule has 9 nitrogen and oxygen atoms in total. The summed E-state index contributed by atoms with van der Waals surface area (Å²) in [5.74, 6) is -3.43. The molecule has 0 aliphatic heterocycles. The number of nitrogens with two attached hydrogens (primary N) is 1. The van der Waals surface area contributed by atoms with Gasteiger partial charge in [0, 0.05) is 12.3 Å². The minimum atomic E-state index is -1.32. The molecule has 36 heavy (non-hydrogen) atoms. The van der Waals surface area contributed by atoms with Gasteiger partial charge >= 0.3 is 23.9 Å². The lowest BCUT2D eigenvalue weighted by Gasteiger charge is -2.27. The second-order valence-corrected chi connectivity index (χ2v) is 10.3. The minimum Gasteiger partial charge on any atom is -0.480 e. The molecule has 0 radical (unpaired) electrons. The van der Waals surface area contributed by atoms with E-state index in [0.717, 1.165) is 0 Å². The van der Waals surface area contributed by atoms with Crippen LogP contribution in [0.2, 0.25) is 0 Å². The molecule has 0 amide bonds. The minimum absolute atomic E-state index is 0.0138. The lowest BCUT2D eigenvalue weighted by Crippen LogP contribution is -2.38. The van der Waals surface area contributed by atoms with E-state index in [9.17, 15) is 24.3 Å². The molecule has 0 aromatic heterocycles. The van der Waals surface area contributed by atoms with Gasteiger partial charge in [-0.05, 0) is 71.6 Å². The van der Waals surface area contributed by atoms with E-state index in [1.165, 1.54) is 12.1 Å². The maximum absolute atomic E-state index is 12.9. The van der Waals surface area contributed by atoms with Crippen molar-refractivity contribution in [2.75, 3.05) is 0 Å². The molecule has 1 aromatic carbocycles. The normalized spacial score (nSPS) is 14.4. The fourth-order valence-electron chi connectivity index (χ4n) is 3.06. The highest BCUT2D eigenvalue weighted by Gasteiger charge is 2.33. The Balaban J connectivity index is 3.52. The fourth-order valence-corrected chi connectivity index (χ4v) is 3.06. The van der Waals surface area contributed by atoms with Gasteiger partial charge in [-0.1, -0.05) is 26.8 Å². The average molecular weight is 508 g/mol. The second-order valence-electron chi connectivity index (χ2n) is 10.3. The van der Waals surface area contributed by atoms with E-state index < -0.39 is 52.8 Å². The van der Waals surface area contributed by atoms with Crippen molar-refractivity contribution in [3.05, 3.63) is 23.8 Å². The van der Waals surface area contributed by atoms with Gasteiger partial charge in [-0.15, -0.1) is 0 Å². The Morgan fingerprint density at radius 2 is 1.42 bits per heavy atom. The Kier molecular flexibility index (Phi) is 11.1. The summed E-state index contributed by atoms with van der Waals surface area (Å²) in [6, 6.07) is 3.18. The molecular weight excluding hydrogens is 466 g/mol. The van der Waals surface area contributed by atoms with Crippen molar-refractivity contribution in [3.63, 3.8) is 0 Å². The summed E-state index contributed by atoms with van der Waals surface area (Å²) in [5.41, 5.74) is 4.87. The zero-order valence-corrected chi connectivity index (χ0v) is 22.7. The summed E-state index contributed by atoms with van der Waals surface area (Å²) in [4.78, 5) is 49.1. The third-order valence-corrected chi connectivity index (χ3v) is 6.60. The molecule has 0 fully saturated rings. The largest absolute Gasteiger partial charge is 0.480 e. The Hall–Kier alpha value is -2.94. The fraction of sp³-hybridized carbons (Fsp3) is 0.630. The number of carboxylic acids is 1. The molecule has 0 spiro atoms. The van der Waals surface area contributed by atoms with Gasteiger partial charge in [0.05, 0.1) is 16.9 Å². The highest BCUT2D eigenvalue weighted by Crippen LogP contribution is 2.37. The van der Waals surface area contributed by atoms with Crippen molar-refractivity contribution >= 4 is 23.9 Å². The Morgan fingerprint density at radius 3 is 1.86 bits per heavy atom. The lowest BCUT2D eigenvalue weighted by molar-refractivity contribution is -0.148. The van der Waals surface area contributed by atoms with Gasteiger partial charge < -0.3 is 25.1 Å². The molecule has 1 rings (SSSR count). The zero-order valence-electron chi connectivity index (χ0n) is 22.7. The Labute approximate surface area is 213 Å². The van der Waals surface area contributed by atoms with Crippen LogP contribution in [0.15, 0.2) is 18.2 Å². The van der Waals surface area contributed by atoms with Crippen LogP contribution in [-0.4, -0.2) is 41.1 Å². The number of carboxylic acid groups (broad SMARTS) is 1. The quantitative estimate of drug-likeness (QED) is 0.289. The summed E-state index contributed by atoms with van der Waals surface area (Å²) in [5, 5.41) is 9.61. The molecule has 1 aromatic rings. The first-order chi connectivity index (χ1) is 16.6. The van der Waals surface area contributed by atoms with E-state index in [-0.39, 0.29) is 24.3 Å². The third-order valence-electron chi connectivity index (χ3n) is 6.60. The highest BCUT2D eigenvalue weighted by molar-refractivity contribution is 5.81. The number of hydrogen-bond donors (Lipinski definition) is 2. The van der Waals surface area contributed by atoms with E-state index in [4.69, 9.17) is 19.9 Å². The molecule has 0 aliphatic carbocycles. The van der Waals surface area contributed by atoms with Crippen molar-refractivity contribution in [2.24, 2.45) is 16.6 Å². The third kappa shape index (κ3) is 8.33. The van der Waals surface area contributed by atoms with Crippen LogP contribution in [-0.2, 0) is 23.9 Å². The van der Waals surface area contributed by atoms with Crippen LogP contribution in [0.4, 0.5) is 0 Å². The molecule has 0 saturated heterocycles. The summed E-state index contributed by atoms with van der Waals surface area (Å²) < 4.78 is 16.6. The van der Waals surface area contributed by atoms with Crippen LogP contribution in [0.5, 0.6) is 11.5 Å². The SMILES string of the molecule is CCC(=O)OC(C)CC(c1ccc(OC(=O)C(C)(C)CC)c(OC(=O)C(C)(C)CC)c1)[C@H](N)C(=O)O. The van der Waals surface area contributed by atoms with Crippen LogP contribution in [0.1, 0.15) is 92.6 Å². The van der Waals surface area contributed by atoms with Crippen molar-refractivity contribution in [1.29, 1.82) is 0 Å². The van der Waals surface area contributed by atoms with Gasteiger partial charge in [0.2, 0.25) is 0 Å². The van der Waals surface area contributed by atoms with E-state index in [1.807, 2.05) is 13.8 Å². The Morgan fingerprint density at radius 1 is 0.917 bits per heavy atom. The van der Waals surface area contributed by atoms with Crippen molar-refractivity contribution < 1.29 is 38.5 Å². The number of rotatable bonds is 13. The molecule has 3 atom stereocenters.